The van der Waals surface area contributed by atoms with Crippen molar-refractivity contribution in [1.82, 2.24) is 15.5 Å². The predicted octanol–water partition coefficient (Wildman–Crippen LogP) is 3.56. The van der Waals surface area contributed by atoms with E-state index in [-0.39, 0.29) is 36.6 Å². The molecule has 2 N–H and O–H groups in total. The standard InChI is InChI=1S/C18H29F3N4O2.HI/c1-22-17(23-8-6-11-26-14-18(19,20)21)24-13-15(16-7-5-12-27-16)25-9-3-2-4-10-25;/h5,7,12,15H,2-4,6,8-11,13-14H2,1H3,(H2,22,23,24);1H. The van der Waals surface area contributed by atoms with Crippen molar-refractivity contribution >= 4 is 29.9 Å². The molecule has 0 saturated carbocycles. The third kappa shape index (κ3) is 9.46. The smallest absolute Gasteiger partial charge is 0.411 e. The van der Waals surface area contributed by atoms with Gasteiger partial charge in [-0.05, 0) is 44.5 Å². The second-order valence-electron chi connectivity index (χ2n) is 6.53. The Bertz CT molecular complexity index is 550. The molecule has 0 amide bonds. The summed E-state index contributed by atoms with van der Waals surface area (Å²) >= 11 is 0. The molecule has 0 bridgehead atoms. The molecule has 1 unspecified atom stereocenters. The molecule has 28 heavy (non-hydrogen) atoms. The van der Waals surface area contributed by atoms with Gasteiger partial charge in [0.2, 0.25) is 0 Å². The average Bonchev–Trinajstić information content (AvgIpc) is 3.17. The van der Waals surface area contributed by atoms with Crippen LogP contribution in [0.3, 0.4) is 0 Å². The molecule has 6 nitrogen and oxygen atoms in total. The first kappa shape index (κ1) is 25.0. The molecular weight excluding hydrogens is 488 g/mol. The topological polar surface area (TPSA) is 62.0 Å². The molecule has 2 rings (SSSR count). The molecule has 2 heterocycles. The van der Waals surface area contributed by atoms with Gasteiger partial charge < -0.3 is 19.8 Å². The first-order chi connectivity index (χ1) is 13.0. The maximum Gasteiger partial charge on any atom is 0.411 e. The van der Waals surface area contributed by atoms with Crippen molar-refractivity contribution in [2.45, 2.75) is 37.9 Å². The fraction of sp³-hybridized carbons (Fsp3) is 0.722. The van der Waals surface area contributed by atoms with Crippen LogP contribution in [0.4, 0.5) is 13.2 Å². The number of guanidine groups is 1. The van der Waals surface area contributed by atoms with Gasteiger partial charge in [0.05, 0.1) is 12.3 Å². The summed E-state index contributed by atoms with van der Waals surface area (Å²) in [5.41, 5.74) is 0. The Morgan fingerprint density at radius 3 is 2.64 bits per heavy atom. The molecule has 1 saturated heterocycles. The molecule has 0 spiro atoms. The molecule has 1 aromatic heterocycles. The SMILES string of the molecule is CN=C(NCCCOCC(F)(F)F)NCC(c1ccco1)N1CCCCC1.I. The third-order valence-electron chi connectivity index (χ3n) is 4.41. The number of ether oxygens (including phenoxy) is 1. The largest absolute Gasteiger partial charge is 0.468 e. The lowest BCUT2D eigenvalue weighted by molar-refractivity contribution is -0.173. The Balaban J connectivity index is 0.00000392. The van der Waals surface area contributed by atoms with Crippen LogP contribution in [0.15, 0.2) is 27.8 Å². The van der Waals surface area contributed by atoms with E-state index < -0.39 is 12.8 Å². The van der Waals surface area contributed by atoms with E-state index in [1.54, 1.807) is 13.3 Å². The minimum absolute atomic E-state index is 0. The lowest BCUT2D eigenvalue weighted by atomic mass is 10.1. The van der Waals surface area contributed by atoms with Gasteiger partial charge in [-0.3, -0.25) is 9.89 Å². The number of hydrogen-bond donors (Lipinski definition) is 2. The second kappa shape index (κ2) is 13.3. The van der Waals surface area contributed by atoms with Crippen LogP contribution in [0.5, 0.6) is 0 Å². The molecule has 1 aliphatic heterocycles. The van der Waals surface area contributed by atoms with Gasteiger partial charge in [-0.2, -0.15) is 13.2 Å². The van der Waals surface area contributed by atoms with E-state index in [4.69, 9.17) is 4.42 Å². The monoisotopic (exact) mass is 518 g/mol. The van der Waals surface area contributed by atoms with Gasteiger partial charge in [-0.1, -0.05) is 6.42 Å². The van der Waals surface area contributed by atoms with Crippen LogP contribution in [0.2, 0.25) is 0 Å². The number of nitrogens with one attached hydrogen (secondary N) is 2. The summed E-state index contributed by atoms with van der Waals surface area (Å²) in [6, 6.07) is 3.99. The summed E-state index contributed by atoms with van der Waals surface area (Å²) in [5, 5.41) is 6.39. The number of rotatable bonds is 9. The first-order valence-corrected chi connectivity index (χ1v) is 9.36. The Labute approximate surface area is 181 Å². The van der Waals surface area contributed by atoms with Gasteiger partial charge in [0.25, 0.3) is 0 Å². The molecule has 10 heteroatoms. The summed E-state index contributed by atoms with van der Waals surface area (Å²) in [6.07, 6.45) is 1.49. The van der Waals surface area contributed by atoms with Gasteiger partial charge in [-0.25, -0.2) is 0 Å². The molecule has 1 atom stereocenters. The Morgan fingerprint density at radius 1 is 1.29 bits per heavy atom. The Morgan fingerprint density at radius 2 is 2.04 bits per heavy atom. The molecule has 162 valence electrons. The van der Waals surface area contributed by atoms with Gasteiger partial charge in [0.1, 0.15) is 12.4 Å². The highest BCUT2D eigenvalue weighted by Crippen LogP contribution is 2.24. The molecule has 0 aliphatic carbocycles. The van der Waals surface area contributed by atoms with Gasteiger partial charge in [-0.15, -0.1) is 24.0 Å². The van der Waals surface area contributed by atoms with Crippen LogP contribution >= 0.6 is 24.0 Å². The zero-order valence-corrected chi connectivity index (χ0v) is 18.5. The fourth-order valence-electron chi connectivity index (χ4n) is 3.10. The van der Waals surface area contributed by atoms with E-state index in [0.29, 0.717) is 25.5 Å². The predicted molar refractivity (Wildman–Crippen MR) is 113 cm³/mol. The average molecular weight is 518 g/mol. The van der Waals surface area contributed by atoms with Crippen molar-refractivity contribution in [3.05, 3.63) is 24.2 Å². The van der Waals surface area contributed by atoms with Crippen LogP contribution in [-0.2, 0) is 4.74 Å². The van der Waals surface area contributed by atoms with Crippen LogP contribution in [0, 0.1) is 0 Å². The maximum atomic E-state index is 12.0. The third-order valence-corrected chi connectivity index (χ3v) is 4.41. The van der Waals surface area contributed by atoms with Crippen molar-refractivity contribution in [2.75, 3.05) is 46.4 Å². The highest BCUT2D eigenvalue weighted by atomic mass is 127. The quantitative estimate of drug-likeness (QED) is 0.227. The minimum Gasteiger partial charge on any atom is -0.468 e. The van der Waals surface area contributed by atoms with Crippen LogP contribution < -0.4 is 10.6 Å². The van der Waals surface area contributed by atoms with Crippen molar-refractivity contribution in [2.24, 2.45) is 4.99 Å². The molecule has 1 fully saturated rings. The molecule has 0 aromatic carbocycles. The molecule has 0 radical (unpaired) electrons. The number of likely N-dealkylation sites (tertiary alicyclic amines) is 1. The van der Waals surface area contributed by atoms with E-state index in [2.05, 4.69) is 25.3 Å². The van der Waals surface area contributed by atoms with Crippen molar-refractivity contribution in [3.8, 4) is 0 Å². The van der Waals surface area contributed by atoms with E-state index in [9.17, 15) is 13.2 Å². The zero-order chi connectivity index (χ0) is 19.5. The fourth-order valence-corrected chi connectivity index (χ4v) is 3.10. The number of furan rings is 1. The van der Waals surface area contributed by atoms with Crippen molar-refractivity contribution in [3.63, 3.8) is 0 Å². The van der Waals surface area contributed by atoms with Crippen LogP contribution in [0.25, 0.3) is 0 Å². The number of nitrogens with zero attached hydrogens (tertiary/aromatic N) is 2. The summed E-state index contributed by atoms with van der Waals surface area (Å²) in [4.78, 5) is 6.58. The van der Waals surface area contributed by atoms with Crippen LogP contribution in [-0.4, -0.2) is 63.5 Å². The lowest BCUT2D eigenvalue weighted by Crippen LogP contribution is -2.44. The Kier molecular flexibility index (Phi) is 11.8. The molecular formula is C18H30F3IN4O2. The van der Waals surface area contributed by atoms with E-state index >= 15 is 0 Å². The highest BCUT2D eigenvalue weighted by molar-refractivity contribution is 14.0. The van der Waals surface area contributed by atoms with E-state index in [1.807, 2.05) is 12.1 Å². The number of piperidine rings is 1. The number of alkyl halides is 3. The first-order valence-electron chi connectivity index (χ1n) is 9.36. The lowest BCUT2D eigenvalue weighted by Gasteiger charge is -2.33. The van der Waals surface area contributed by atoms with Crippen molar-refractivity contribution < 1.29 is 22.3 Å². The molecule has 1 aliphatic rings. The Hall–Kier alpha value is -1.01. The highest BCUT2D eigenvalue weighted by Gasteiger charge is 2.27. The maximum absolute atomic E-state index is 12.0. The number of hydrogen-bond acceptors (Lipinski definition) is 4. The second-order valence-corrected chi connectivity index (χ2v) is 6.53. The van der Waals surface area contributed by atoms with Gasteiger partial charge in [0.15, 0.2) is 5.96 Å². The summed E-state index contributed by atoms with van der Waals surface area (Å²) in [6.45, 7) is 2.03. The number of halogens is 4. The minimum atomic E-state index is -4.28. The van der Waals surface area contributed by atoms with Gasteiger partial charge in [0, 0.05) is 26.7 Å². The molecule has 1 aromatic rings. The summed E-state index contributed by atoms with van der Waals surface area (Å²) < 4.78 is 46.2. The van der Waals surface area contributed by atoms with E-state index in [0.717, 1.165) is 18.8 Å². The normalized spacial score (nSPS) is 17.1. The van der Waals surface area contributed by atoms with E-state index in [1.165, 1.54) is 19.3 Å². The summed E-state index contributed by atoms with van der Waals surface area (Å²) in [5.74, 6) is 1.53. The van der Waals surface area contributed by atoms with Gasteiger partial charge >= 0.3 is 6.18 Å². The van der Waals surface area contributed by atoms with Crippen LogP contribution in [0.1, 0.15) is 37.5 Å². The zero-order valence-electron chi connectivity index (χ0n) is 16.1. The van der Waals surface area contributed by atoms with Crippen molar-refractivity contribution in [1.29, 1.82) is 0 Å². The summed E-state index contributed by atoms with van der Waals surface area (Å²) in [7, 11) is 1.66. The number of aliphatic imine (C=N–C) groups is 1.